The normalized spacial score (nSPS) is 13.2. The Bertz CT molecular complexity index is 547. The Morgan fingerprint density at radius 2 is 2.30 bits per heavy atom. The van der Waals surface area contributed by atoms with E-state index in [0.29, 0.717) is 13.2 Å². The zero-order valence-corrected chi connectivity index (χ0v) is 12.0. The first kappa shape index (κ1) is 14.3. The molecular formula is C16H20N2O2. The summed E-state index contributed by atoms with van der Waals surface area (Å²) in [5, 5.41) is 2.95. The number of amidine groups is 1. The quantitative estimate of drug-likeness (QED) is 0.508. The van der Waals surface area contributed by atoms with E-state index in [0.717, 1.165) is 12.3 Å². The van der Waals surface area contributed by atoms with Crippen molar-refractivity contribution in [2.45, 2.75) is 26.8 Å². The third-order valence-electron chi connectivity index (χ3n) is 3.14. The summed E-state index contributed by atoms with van der Waals surface area (Å²) in [7, 11) is 0. The summed E-state index contributed by atoms with van der Waals surface area (Å²) >= 11 is 0. The molecule has 0 radical (unpaired) electrons. The Hall–Kier alpha value is -2.10. The first-order valence-corrected chi connectivity index (χ1v) is 6.88. The summed E-state index contributed by atoms with van der Waals surface area (Å²) in [6.07, 6.45) is 5.32. The van der Waals surface area contributed by atoms with Crippen LogP contribution in [0, 0.1) is 0 Å². The zero-order chi connectivity index (χ0) is 14.4. The minimum atomic E-state index is -0.259. The molecule has 0 unspecified atom stereocenters. The lowest BCUT2D eigenvalue weighted by Crippen LogP contribution is -2.28. The van der Waals surface area contributed by atoms with E-state index < -0.39 is 0 Å². The fraction of sp³-hybridized carbons (Fsp3) is 0.375. The average Bonchev–Trinajstić information content (AvgIpc) is 2.90. The lowest BCUT2D eigenvalue weighted by molar-refractivity contribution is -0.141. The van der Waals surface area contributed by atoms with Crippen LogP contribution in [0.25, 0.3) is 6.08 Å². The number of nitrogens with one attached hydrogen (secondary N) is 1. The monoisotopic (exact) mass is 272 g/mol. The molecule has 1 aliphatic carbocycles. The summed E-state index contributed by atoms with van der Waals surface area (Å²) < 4.78 is 4.84. The number of rotatable bonds is 5. The number of carbonyl (C=O) groups is 1. The van der Waals surface area contributed by atoms with Crippen molar-refractivity contribution in [1.82, 2.24) is 5.32 Å². The van der Waals surface area contributed by atoms with E-state index in [1.807, 2.05) is 6.92 Å². The Balaban J connectivity index is 1.84. The maximum Gasteiger partial charge on any atom is 0.325 e. The number of nitrogens with zero attached hydrogens (tertiary/aromatic N) is 1. The molecule has 0 aromatic heterocycles. The van der Waals surface area contributed by atoms with Crippen LogP contribution in [0.15, 0.2) is 29.3 Å². The number of hydrogen-bond acceptors (Lipinski definition) is 3. The number of ether oxygens (including phenoxy) is 1. The third-order valence-corrected chi connectivity index (χ3v) is 3.14. The molecule has 1 aliphatic rings. The van der Waals surface area contributed by atoms with Crippen LogP contribution >= 0.6 is 0 Å². The highest BCUT2D eigenvalue weighted by molar-refractivity contribution is 5.84. The van der Waals surface area contributed by atoms with Crippen LogP contribution in [-0.4, -0.2) is 25.0 Å². The molecule has 0 heterocycles. The van der Waals surface area contributed by atoms with E-state index >= 15 is 0 Å². The number of carbonyl (C=O) groups excluding carboxylic acids is 1. The number of benzene rings is 1. The highest BCUT2D eigenvalue weighted by Crippen LogP contribution is 2.20. The van der Waals surface area contributed by atoms with Crippen molar-refractivity contribution >= 4 is 17.9 Å². The molecule has 0 atom stereocenters. The molecule has 2 rings (SSSR count). The molecule has 0 aliphatic heterocycles. The van der Waals surface area contributed by atoms with Gasteiger partial charge >= 0.3 is 5.97 Å². The molecule has 0 spiro atoms. The average molecular weight is 272 g/mol. The minimum Gasteiger partial charge on any atom is -0.465 e. The Labute approximate surface area is 119 Å². The SMILES string of the molecule is CCOC(=O)CNC(C)=NCc1ccc2c(c1)CC=C2. The number of hydrogen-bond donors (Lipinski definition) is 1. The number of esters is 1. The van der Waals surface area contributed by atoms with Crippen molar-refractivity contribution in [3.8, 4) is 0 Å². The predicted molar refractivity (Wildman–Crippen MR) is 80.6 cm³/mol. The highest BCUT2D eigenvalue weighted by Gasteiger charge is 2.05. The lowest BCUT2D eigenvalue weighted by atomic mass is 10.1. The van der Waals surface area contributed by atoms with Gasteiger partial charge in [0.15, 0.2) is 0 Å². The van der Waals surface area contributed by atoms with Gasteiger partial charge in [0.2, 0.25) is 0 Å². The van der Waals surface area contributed by atoms with Crippen molar-refractivity contribution in [1.29, 1.82) is 0 Å². The van der Waals surface area contributed by atoms with Gasteiger partial charge < -0.3 is 10.1 Å². The molecule has 4 heteroatoms. The predicted octanol–water partition coefficient (Wildman–Crippen LogP) is 2.33. The lowest BCUT2D eigenvalue weighted by Gasteiger charge is -2.06. The van der Waals surface area contributed by atoms with Gasteiger partial charge in [0, 0.05) is 0 Å². The van der Waals surface area contributed by atoms with Gasteiger partial charge in [-0.2, -0.15) is 0 Å². The van der Waals surface area contributed by atoms with Crippen LogP contribution in [0.3, 0.4) is 0 Å². The molecule has 1 aromatic carbocycles. The second-order valence-electron chi connectivity index (χ2n) is 4.70. The van der Waals surface area contributed by atoms with Crippen molar-refractivity contribution in [2.75, 3.05) is 13.2 Å². The summed E-state index contributed by atoms with van der Waals surface area (Å²) in [5.41, 5.74) is 3.84. The molecule has 0 fully saturated rings. The van der Waals surface area contributed by atoms with E-state index in [2.05, 4.69) is 40.7 Å². The van der Waals surface area contributed by atoms with Crippen LogP contribution < -0.4 is 5.32 Å². The van der Waals surface area contributed by atoms with Crippen LogP contribution in [0.4, 0.5) is 0 Å². The number of allylic oxidation sites excluding steroid dienone is 1. The fourth-order valence-electron chi connectivity index (χ4n) is 2.09. The van der Waals surface area contributed by atoms with Gasteiger partial charge in [0.25, 0.3) is 0 Å². The van der Waals surface area contributed by atoms with Gasteiger partial charge in [-0.05, 0) is 37.0 Å². The van der Waals surface area contributed by atoms with Crippen LogP contribution in [0.2, 0.25) is 0 Å². The van der Waals surface area contributed by atoms with Gasteiger partial charge in [0.1, 0.15) is 6.54 Å². The second-order valence-corrected chi connectivity index (χ2v) is 4.70. The summed E-state index contributed by atoms with van der Waals surface area (Å²) in [5.74, 6) is 0.488. The first-order valence-electron chi connectivity index (χ1n) is 6.88. The first-order chi connectivity index (χ1) is 9.69. The maximum atomic E-state index is 11.2. The van der Waals surface area contributed by atoms with Gasteiger partial charge in [-0.1, -0.05) is 30.4 Å². The Morgan fingerprint density at radius 1 is 1.45 bits per heavy atom. The zero-order valence-electron chi connectivity index (χ0n) is 12.0. The Morgan fingerprint density at radius 3 is 3.10 bits per heavy atom. The molecule has 0 saturated heterocycles. The highest BCUT2D eigenvalue weighted by atomic mass is 16.5. The van der Waals surface area contributed by atoms with Gasteiger partial charge in [-0.15, -0.1) is 0 Å². The topological polar surface area (TPSA) is 50.7 Å². The third kappa shape index (κ3) is 3.95. The van der Waals surface area contributed by atoms with Gasteiger partial charge in [-0.25, -0.2) is 0 Å². The molecule has 0 saturated carbocycles. The summed E-state index contributed by atoms with van der Waals surface area (Å²) in [4.78, 5) is 15.6. The molecule has 1 aromatic rings. The molecular weight excluding hydrogens is 252 g/mol. The van der Waals surface area contributed by atoms with Crippen molar-refractivity contribution in [2.24, 2.45) is 4.99 Å². The molecule has 4 nitrogen and oxygen atoms in total. The van der Waals surface area contributed by atoms with Crippen LogP contribution in [0.1, 0.15) is 30.5 Å². The van der Waals surface area contributed by atoms with Crippen molar-refractivity contribution in [3.63, 3.8) is 0 Å². The van der Waals surface area contributed by atoms with Crippen LogP contribution in [0.5, 0.6) is 0 Å². The number of fused-ring (bicyclic) bond motifs is 1. The summed E-state index contributed by atoms with van der Waals surface area (Å²) in [6.45, 7) is 4.84. The van der Waals surface area contributed by atoms with E-state index in [-0.39, 0.29) is 12.5 Å². The smallest absolute Gasteiger partial charge is 0.325 e. The van der Waals surface area contributed by atoms with Crippen molar-refractivity contribution in [3.05, 3.63) is 41.0 Å². The van der Waals surface area contributed by atoms with Gasteiger partial charge in [-0.3, -0.25) is 9.79 Å². The van der Waals surface area contributed by atoms with Crippen LogP contribution in [-0.2, 0) is 22.5 Å². The molecule has 0 bridgehead atoms. The second kappa shape index (κ2) is 6.89. The van der Waals surface area contributed by atoms with E-state index in [1.165, 1.54) is 16.7 Å². The fourth-order valence-corrected chi connectivity index (χ4v) is 2.09. The minimum absolute atomic E-state index is 0.164. The number of aliphatic imine (C=N–C) groups is 1. The standard InChI is InChI=1S/C16H20N2O2/c1-3-20-16(19)11-18-12(2)17-10-13-7-8-14-5-4-6-15(14)9-13/h4-5,7-9H,3,6,10-11H2,1-2H3,(H,17,18). The molecule has 106 valence electrons. The van der Waals surface area contributed by atoms with E-state index in [9.17, 15) is 4.79 Å². The largest absolute Gasteiger partial charge is 0.465 e. The van der Waals surface area contributed by atoms with Gasteiger partial charge in [0.05, 0.1) is 19.0 Å². The van der Waals surface area contributed by atoms with Crippen molar-refractivity contribution < 1.29 is 9.53 Å². The van der Waals surface area contributed by atoms with E-state index in [4.69, 9.17) is 4.74 Å². The van der Waals surface area contributed by atoms with E-state index in [1.54, 1.807) is 6.92 Å². The molecule has 1 N–H and O–H groups in total. The summed E-state index contributed by atoms with van der Waals surface area (Å²) in [6, 6.07) is 6.42. The maximum absolute atomic E-state index is 11.2. The Kier molecular flexibility index (Phi) is 4.93. The molecule has 0 amide bonds. The molecule has 20 heavy (non-hydrogen) atoms.